The van der Waals surface area contributed by atoms with Crippen LogP contribution in [-0.2, 0) is 4.79 Å². The molecule has 1 aliphatic heterocycles. The zero-order valence-electron chi connectivity index (χ0n) is 11.7. The van der Waals surface area contributed by atoms with Crippen LogP contribution in [0.2, 0.25) is 10.0 Å². The molecule has 2 rings (SSSR count). The topological polar surface area (TPSA) is 40.5 Å². The highest BCUT2D eigenvalue weighted by Gasteiger charge is 2.37. The second-order valence-electron chi connectivity index (χ2n) is 5.75. The van der Waals surface area contributed by atoms with Gasteiger partial charge in [0.15, 0.2) is 0 Å². The van der Waals surface area contributed by atoms with Crippen molar-refractivity contribution in [3.63, 3.8) is 0 Å². The number of nitrogens with zero attached hydrogens (tertiary/aromatic N) is 1. The fourth-order valence-electron chi connectivity index (χ4n) is 2.60. The zero-order valence-corrected chi connectivity index (χ0v) is 13.2. The maximum atomic E-state index is 11.3. The molecule has 1 heterocycles. The van der Waals surface area contributed by atoms with Gasteiger partial charge in [-0.1, -0.05) is 29.3 Å². The van der Waals surface area contributed by atoms with Gasteiger partial charge in [0.25, 0.3) is 0 Å². The third-order valence-corrected chi connectivity index (χ3v) is 5.13. The van der Waals surface area contributed by atoms with Gasteiger partial charge in [-0.2, -0.15) is 0 Å². The van der Waals surface area contributed by atoms with E-state index >= 15 is 0 Å². The molecule has 1 N–H and O–H groups in total. The molecule has 1 unspecified atom stereocenters. The number of rotatable bonds is 3. The number of benzene rings is 1. The molecule has 1 saturated heterocycles. The molecule has 0 spiro atoms. The molecule has 1 fully saturated rings. The zero-order chi connectivity index (χ0) is 14.9. The van der Waals surface area contributed by atoms with Gasteiger partial charge in [-0.05, 0) is 57.5 Å². The van der Waals surface area contributed by atoms with Crippen LogP contribution in [0.4, 0.5) is 0 Å². The lowest BCUT2D eigenvalue weighted by Crippen LogP contribution is -2.43. The summed E-state index contributed by atoms with van der Waals surface area (Å²) in [5.74, 6) is -0.695. The van der Waals surface area contributed by atoms with E-state index < -0.39 is 11.4 Å². The van der Waals surface area contributed by atoms with Gasteiger partial charge in [-0.25, -0.2) is 0 Å². The minimum atomic E-state index is -0.695. The summed E-state index contributed by atoms with van der Waals surface area (Å²) in [5.41, 5.74) is 0.520. The third-order valence-electron chi connectivity index (χ3n) is 4.39. The first-order valence-electron chi connectivity index (χ1n) is 6.76. The van der Waals surface area contributed by atoms with E-state index in [-0.39, 0.29) is 6.04 Å². The molecule has 1 aromatic carbocycles. The first-order chi connectivity index (χ1) is 9.33. The van der Waals surface area contributed by atoms with Gasteiger partial charge >= 0.3 is 5.97 Å². The summed E-state index contributed by atoms with van der Waals surface area (Å²) < 4.78 is 0. The van der Waals surface area contributed by atoms with E-state index in [1.807, 2.05) is 19.1 Å². The van der Waals surface area contributed by atoms with E-state index in [0.717, 1.165) is 18.7 Å². The summed E-state index contributed by atoms with van der Waals surface area (Å²) in [5, 5.41) is 10.4. The number of carbonyl (C=O) groups is 1. The van der Waals surface area contributed by atoms with Crippen molar-refractivity contribution in [3.05, 3.63) is 33.8 Å². The number of likely N-dealkylation sites (tertiary alicyclic amines) is 1. The molecule has 0 saturated carbocycles. The summed E-state index contributed by atoms with van der Waals surface area (Å²) >= 11 is 12.0. The number of hydrogen-bond donors (Lipinski definition) is 1. The predicted molar refractivity (Wildman–Crippen MR) is 81.4 cm³/mol. The lowest BCUT2D eigenvalue weighted by Gasteiger charge is -2.39. The third kappa shape index (κ3) is 3.11. The van der Waals surface area contributed by atoms with E-state index in [9.17, 15) is 9.90 Å². The van der Waals surface area contributed by atoms with Crippen LogP contribution in [0.5, 0.6) is 0 Å². The Morgan fingerprint density at radius 3 is 2.40 bits per heavy atom. The fraction of sp³-hybridized carbons (Fsp3) is 0.533. The number of carboxylic acid groups (broad SMARTS) is 1. The van der Waals surface area contributed by atoms with Gasteiger partial charge in [0.2, 0.25) is 0 Å². The Bertz CT molecular complexity index is 511. The first kappa shape index (κ1) is 15.6. The minimum Gasteiger partial charge on any atom is -0.481 e. The van der Waals surface area contributed by atoms with Crippen molar-refractivity contribution in [2.24, 2.45) is 5.41 Å². The van der Waals surface area contributed by atoms with Crippen LogP contribution in [0.3, 0.4) is 0 Å². The van der Waals surface area contributed by atoms with Crippen LogP contribution in [-0.4, -0.2) is 29.1 Å². The average Bonchev–Trinajstić information content (AvgIpc) is 2.42. The van der Waals surface area contributed by atoms with Crippen molar-refractivity contribution in [1.82, 2.24) is 4.90 Å². The van der Waals surface area contributed by atoms with Crippen LogP contribution in [0.15, 0.2) is 18.2 Å². The fourth-order valence-corrected chi connectivity index (χ4v) is 2.91. The van der Waals surface area contributed by atoms with E-state index in [2.05, 4.69) is 11.8 Å². The van der Waals surface area contributed by atoms with Crippen LogP contribution >= 0.6 is 23.2 Å². The van der Waals surface area contributed by atoms with E-state index in [4.69, 9.17) is 23.2 Å². The van der Waals surface area contributed by atoms with E-state index in [1.54, 1.807) is 6.07 Å². The largest absolute Gasteiger partial charge is 0.481 e. The molecule has 1 aromatic rings. The molecule has 0 aromatic heterocycles. The number of piperidine rings is 1. The average molecular weight is 316 g/mol. The SMILES string of the molecule is CC(c1ccc(Cl)c(Cl)c1)N1CCC(C)(C(=O)O)CC1. The molecular weight excluding hydrogens is 297 g/mol. The maximum absolute atomic E-state index is 11.3. The monoisotopic (exact) mass is 315 g/mol. The van der Waals surface area contributed by atoms with Crippen LogP contribution < -0.4 is 0 Å². The first-order valence-corrected chi connectivity index (χ1v) is 7.51. The molecule has 1 aliphatic rings. The quantitative estimate of drug-likeness (QED) is 0.906. The Labute approximate surface area is 129 Å². The van der Waals surface area contributed by atoms with Crippen LogP contribution in [0.25, 0.3) is 0 Å². The number of hydrogen-bond acceptors (Lipinski definition) is 2. The Morgan fingerprint density at radius 2 is 1.90 bits per heavy atom. The van der Waals surface area contributed by atoms with Crippen molar-refractivity contribution in [3.8, 4) is 0 Å². The summed E-state index contributed by atoms with van der Waals surface area (Å²) in [6.45, 7) is 5.51. The lowest BCUT2D eigenvalue weighted by atomic mass is 9.80. The molecule has 0 aliphatic carbocycles. The van der Waals surface area contributed by atoms with Gasteiger partial charge in [0.05, 0.1) is 15.5 Å². The van der Waals surface area contributed by atoms with Gasteiger partial charge in [0, 0.05) is 6.04 Å². The van der Waals surface area contributed by atoms with Gasteiger partial charge in [0.1, 0.15) is 0 Å². The van der Waals surface area contributed by atoms with Crippen LogP contribution in [0.1, 0.15) is 38.3 Å². The van der Waals surface area contributed by atoms with Gasteiger partial charge in [-0.3, -0.25) is 9.69 Å². The summed E-state index contributed by atoms with van der Waals surface area (Å²) in [6.07, 6.45) is 1.35. The lowest BCUT2D eigenvalue weighted by molar-refractivity contribution is -0.151. The summed E-state index contributed by atoms with van der Waals surface area (Å²) in [4.78, 5) is 13.6. The van der Waals surface area contributed by atoms with Gasteiger partial charge in [-0.15, -0.1) is 0 Å². The number of aliphatic carboxylic acids is 1. The van der Waals surface area contributed by atoms with Crippen molar-refractivity contribution in [2.45, 2.75) is 32.7 Å². The molecular formula is C15H19Cl2NO2. The Kier molecular flexibility index (Phi) is 4.62. The Morgan fingerprint density at radius 1 is 1.30 bits per heavy atom. The van der Waals surface area contributed by atoms with Crippen molar-refractivity contribution in [1.29, 1.82) is 0 Å². The highest BCUT2D eigenvalue weighted by molar-refractivity contribution is 6.42. The van der Waals surface area contributed by atoms with Crippen molar-refractivity contribution >= 4 is 29.2 Å². The van der Waals surface area contributed by atoms with Crippen LogP contribution in [0, 0.1) is 5.41 Å². The predicted octanol–water partition coefficient (Wildman–Crippen LogP) is 4.24. The minimum absolute atomic E-state index is 0.211. The molecule has 5 heteroatoms. The summed E-state index contributed by atoms with van der Waals surface area (Å²) in [7, 11) is 0. The van der Waals surface area contributed by atoms with Crippen molar-refractivity contribution < 1.29 is 9.90 Å². The molecule has 110 valence electrons. The number of carboxylic acids is 1. The molecule has 3 nitrogen and oxygen atoms in total. The van der Waals surface area contributed by atoms with Gasteiger partial charge < -0.3 is 5.11 Å². The Hall–Kier alpha value is -0.770. The van der Waals surface area contributed by atoms with E-state index in [1.165, 1.54) is 0 Å². The smallest absolute Gasteiger partial charge is 0.309 e. The molecule has 0 radical (unpaired) electrons. The molecule has 0 amide bonds. The number of halogens is 2. The highest BCUT2D eigenvalue weighted by Crippen LogP contribution is 2.35. The molecule has 0 bridgehead atoms. The van der Waals surface area contributed by atoms with Crippen molar-refractivity contribution in [2.75, 3.05) is 13.1 Å². The Balaban J connectivity index is 2.06. The second-order valence-corrected chi connectivity index (χ2v) is 6.57. The van der Waals surface area contributed by atoms with E-state index in [0.29, 0.717) is 22.9 Å². The maximum Gasteiger partial charge on any atom is 0.309 e. The highest BCUT2D eigenvalue weighted by atomic mass is 35.5. The molecule has 1 atom stereocenters. The normalized spacial score (nSPS) is 20.6. The second kappa shape index (κ2) is 5.92. The standard InChI is InChI=1S/C15H19Cl2NO2/c1-10(11-3-4-12(16)13(17)9-11)18-7-5-15(2,6-8-18)14(19)20/h3-4,9-10H,5-8H2,1-2H3,(H,19,20). The summed E-state index contributed by atoms with van der Waals surface area (Å²) in [6, 6.07) is 5.88. The molecule has 20 heavy (non-hydrogen) atoms.